The van der Waals surface area contributed by atoms with Crippen molar-refractivity contribution in [3.63, 3.8) is 0 Å². The average Bonchev–Trinajstić information content (AvgIpc) is 3.23. The van der Waals surface area contributed by atoms with E-state index in [2.05, 4.69) is 15.0 Å². The Morgan fingerprint density at radius 2 is 1.93 bits per heavy atom. The van der Waals surface area contributed by atoms with Crippen LogP contribution in [0.15, 0.2) is 53.1 Å². The predicted molar refractivity (Wildman–Crippen MR) is 112 cm³/mol. The zero-order valence-electron chi connectivity index (χ0n) is 16.3. The molecule has 8 heteroatoms. The molecule has 0 unspecified atom stereocenters. The van der Waals surface area contributed by atoms with Crippen LogP contribution in [0.25, 0.3) is 11.5 Å². The number of cyclic esters (lactones) is 1. The van der Waals surface area contributed by atoms with Gasteiger partial charge in [0.1, 0.15) is 6.61 Å². The Kier molecular flexibility index (Phi) is 5.14. The van der Waals surface area contributed by atoms with Crippen molar-refractivity contribution in [3.8, 4) is 11.5 Å². The second-order valence-electron chi connectivity index (χ2n) is 7.59. The fraction of sp³-hybridized carbons (Fsp3) is 0.318. The van der Waals surface area contributed by atoms with Crippen LogP contribution in [0.3, 0.4) is 0 Å². The lowest BCUT2D eigenvalue weighted by atomic mass is 10.0. The SMILES string of the molecule is O=C1OCc2ccccc2N1C1CCN(Cc2noc(-c3cccc(Cl)c3)n2)CC1. The summed E-state index contributed by atoms with van der Waals surface area (Å²) in [6.07, 6.45) is 1.47. The molecular formula is C22H21ClN4O3. The van der Waals surface area contributed by atoms with Gasteiger partial charge in [0.25, 0.3) is 5.89 Å². The number of hydrogen-bond acceptors (Lipinski definition) is 6. The Morgan fingerprint density at radius 1 is 1.10 bits per heavy atom. The molecule has 3 heterocycles. The van der Waals surface area contributed by atoms with E-state index in [4.69, 9.17) is 20.9 Å². The molecular weight excluding hydrogens is 404 g/mol. The molecule has 0 N–H and O–H groups in total. The first-order valence-corrected chi connectivity index (χ1v) is 10.4. The Bertz CT molecular complexity index is 1060. The molecule has 0 atom stereocenters. The molecule has 2 aliphatic heterocycles. The Labute approximate surface area is 179 Å². The standard InChI is InChI=1S/C22H21ClN4O3/c23-17-6-3-5-15(12-17)21-24-20(25-30-21)13-26-10-8-18(9-11-26)27-19-7-2-1-4-16(19)14-29-22(27)28/h1-7,12,18H,8-11,13-14H2. The minimum Gasteiger partial charge on any atom is -0.444 e. The minimum absolute atomic E-state index is 0.127. The molecule has 0 bridgehead atoms. The van der Waals surface area contributed by atoms with Crippen molar-refractivity contribution in [2.45, 2.75) is 32.0 Å². The summed E-state index contributed by atoms with van der Waals surface area (Å²) in [7, 11) is 0. The molecule has 0 radical (unpaired) electrons. The summed E-state index contributed by atoms with van der Waals surface area (Å²) in [5.41, 5.74) is 2.83. The van der Waals surface area contributed by atoms with Gasteiger partial charge < -0.3 is 9.26 Å². The van der Waals surface area contributed by atoms with E-state index < -0.39 is 0 Å². The number of ether oxygens (including phenoxy) is 1. The van der Waals surface area contributed by atoms with Gasteiger partial charge >= 0.3 is 6.09 Å². The molecule has 154 valence electrons. The lowest BCUT2D eigenvalue weighted by molar-refractivity contribution is 0.130. The number of nitrogens with zero attached hydrogens (tertiary/aromatic N) is 4. The van der Waals surface area contributed by atoms with Gasteiger partial charge in [-0.2, -0.15) is 4.98 Å². The van der Waals surface area contributed by atoms with Crippen LogP contribution < -0.4 is 4.90 Å². The summed E-state index contributed by atoms with van der Waals surface area (Å²) in [4.78, 5) is 21.0. The van der Waals surface area contributed by atoms with Crippen LogP contribution in [0.1, 0.15) is 24.2 Å². The molecule has 0 saturated carbocycles. The number of carbonyl (C=O) groups excluding carboxylic acids is 1. The van der Waals surface area contributed by atoms with Crippen molar-refractivity contribution < 1.29 is 14.1 Å². The first-order chi connectivity index (χ1) is 14.7. The highest BCUT2D eigenvalue weighted by Gasteiger charge is 2.34. The highest BCUT2D eigenvalue weighted by Crippen LogP contribution is 2.32. The zero-order chi connectivity index (χ0) is 20.5. The molecule has 7 nitrogen and oxygen atoms in total. The molecule has 1 fully saturated rings. The van der Waals surface area contributed by atoms with Gasteiger partial charge in [-0.1, -0.05) is 41.0 Å². The van der Waals surface area contributed by atoms with E-state index in [9.17, 15) is 4.79 Å². The van der Waals surface area contributed by atoms with E-state index in [1.165, 1.54) is 0 Å². The van der Waals surface area contributed by atoms with Gasteiger partial charge in [-0.25, -0.2) is 4.79 Å². The number of anilines is 1. The normalized spacial score (nSPS) is 17.6. The zero-order valence-corrected chi connectivity index (χ0v) is 17.1. The number of para-hydroxylation sites is 1. The van der Waals surface area contributed by atoms with Gasteiger partial charge in [-0.05, 0) is 37.1 Å². The average molecular weight is 425 g/mol. The first-order valence-electron chi connectivity index (χ1n) is 10.0. The summed E-state index contributed by atoms with van der Waals surface area (Å²) in [6.45, 7) is 2.64. The Balaban J connectivity index is 1.23. The quantitative estimate of drug-likeness (QED) is 0.613. The summed E-state index contributed by atoms with van der Waals surface area (Å²) in [5.74, 6) is 1.11. The molecule has 5 rings (SSSR count). The van der Waals surface area contributed by atoms with Crippen LogP contribution in [0.2, 0.25) is 5.02 Å². The monoisotopic (exact) mass is 424 g/mol. The molecule has 2 aromatic carbocycles. The maximum Gasteiger partial charge on any atom is 0.414 e. The smallest absolute Gasteiger partial charge is 0.414 e. The van der Waals surface area contributed by atoms with Crippen molar-refractivity contribution in [2.75, 3.05) is 18.0 Å². The Morgan fingerprint density at radius 3 is 2.77 bits per heavy atom. The number of carbonyl (C=O) groups is 1. The maximum absolute atomic E-state index is 12.4. The highest BCUT2D eigenvalue weighted by molar-refractivity contribution is 6.30. The molecule has 0 spiro atoms. The summed E-state index contributed by atoms with van der Waals surface area (Å²) in [5, 5.41) is 4.74. The topological polar surface area (TPSA) is 71.7 Å². The molecule has 1 saturated heterocycles. The van der Waals surface area contributed by atoms with Crippen LogP contribution in [-0.2, 0) is 17.9 Å². The van der Waals surface area contributed by atoms with Crippen molar-refractivity contribution in [1.29, 1.82) is 0 Å². The predicted octanol–water partition coefficient (Wildman–Crippen LogP) is 4.51. The number of benzene rings is 2. The van der Waals surface area contributed by atoms with Crippen molar-refractivity contribution in [2.24, 2.45) is 0 Å². The minimum atomic E-state index is -0.253. The second kappa shape index (κ2) is 8.08. The number of likely N-dealkylation sites (tertiary alicyclic amines) is 1. The fourth-order valence-corrected chi connectivity index (χ4v) is 4.30. The van der Waals surface area contributed by atoms with E-state index in [0.717, 1.165) is 42.7 Å². The lowest BCUT2D eigenvalue weighted by Gasteiger charge is -2.39. The number of aromatic nitrogens is 2. The first kappa shape index (κ1) is 19.1. The van der Waals surface area contributed by atoms with Gasteiger partial charge in [0.2, 0.25) is 0 Å². The van der Waals surface area contributed by atoms with Crippen LogP contribution in [0, 0.1) is 0 Å². The third-order valence-corrected chi connectivity index (χ3v) is 5.86. The number of amides is 1. The molecule has 0 aliphatic carbocycles. The second-order valence-corrected chi connectivity index (χ2v) is 8.02. The molecule has 1 aromatic heterocycles. The maximum atomic E-state index is 12.4. The Hall–Kier alpha value is -2.90. The van der Waals surface area contributed by atoms with E-state index in [1.807, 2.05) is 47.4 Å². The molecule has 1 amide bonds. The number of fused-ring (bicyclic) bond motifs is 1. The molecule has 3 aromatic rings. The van der Waals surface area contributed by atoms with E-state index in [1.54, 1.807) is 6.07 Å². The third kappa shape index (κ3) is 3.78. The third-order valence-electron chi connectivity index (χ3n) is 5.63. The van der Waals surface area contributed by atoms with Gasteiger partial charge in [0.15, 0.2) is 5.82 Å². The number of piperidine rings is 1. The lowest BCUT2D eigenvalue weighted by Crippen LogP contribution is -2.49. The van der Waals surface area contributed by atoms with E-state index >= 15 is 0 Å². The van der Waals surface area contributed by atoms with Crippen molar-refractivity contribution >= 4 is 23.4 Å². The largest absolute Gasteiger partial charge is 0.444 e. The van der Waals surface area contributed by atoms with Crippen LogP contribution in [0.5, 0.6) is 0 Å². The van der Waals surface area contributed by atoms with Crippen molar-refractivity contribution in [1.82, 2.24) is 15.0 Å². The number of rotatable bonds is 4. The van der Waals surface area contributed by atoms with Gasteiger partial charge in [0, 0.05) is 35.3 Å². The van der Waals surface area contributed by atoms with E-state index in [0.29, 0.717) is 29.9 Å². The number of halogens is 1. The van der Waals surface area contributed by atoms with Crippen LogP contribution in [0.4, 0.5) is 10.5 Å². The van der Waals surface area contributed by atoms with E-state index in [-0.39, 0.29) is 12.1 Å². The van der Waals surface area contributed by atoms with Gasteiger partial charge in [-0.15, -0.1) is 0 Å². The summed E-state index contributed by atoms with van der Waals surface area (Å²) >= 11 is 6.04. The van der Waals surface area contributed by atoms with Gasteiger partial charge in [-0.3, -0.25) is 9.80 Å². The molecule has 2 aliphatic rings. The summed E-state index contributed by atoms with van der Waals surface area (Å²) in [6, 6.07) is 15.4. The highest BCUT2D eigenvalue weighted by atomic mass is 35.5. The van der Waals surface area contributed by atoms with Crippen molar-refractivity contribution in [3.05, 3.63) is 64.9 Å². The van der Waals surface area contributed by atoms with Crippen LogP contribution in [-0.4, -0.2) is 40.3 Å². The number of hydrogen-bond donors (Lipinski definition) is 0. The van der Waals surface area contributed by atoms with Crippen LogP contribution >= 0.6 is 11.6 Å². The summed E-state index contributed by atoms with van der Waals surface area (Å²) < 4.78 is 10.8. The fourth-order valence-electron chi connectivity index (χ4n) is 4.11. The van der Waals surface area contributed by atoms with Gasteiger partial charge in [0.05, 0.1) is 12.2 Å². The molecule has 30 heavy (non-hydrogen) atoms.